The Bertz CT molecular complexity index is 783. The molecular formula is C20H23NO3. The lowest BCUT2D eigenvalue weighted by Gasteiger charge is -2.20. The molecule has 1 N–H and O–H groups in total. The summed E-state index contributed by atoms with van der Waals surface area (Å²) < 4.78 is 11.0. The van der Waals surface area contributed by atoms with Crippen LogP contribution in [0.1, 0.15) is 45.6 Å². The van der Waals surface area contributed by atoms with Crippen molar-refractivity contribution < 1.29 is 14.3 Å². The number of benzene rings is 2. The predicted octanol–water partition coefficient (Wildman–Crippen LogP) is 3.87. The van der Waals surface area contributed by atoms with Crippen molar-refractivity contribution in [3.8, 4) is 11.5 Å². The third kappa shape index (κ3) is 3.23. The summed E-state index contributed by atoms with van der Waals surface area (Å²) in [6.07, 6.45) is 0. The summed E-state index contributed by atoms with van der Waals surface area (Å²) in [5, 5.41) is 3.07. The average Bonchev–Trinajstić information content (AvgIpc) is 2.57. The van der Waals surface area contributed by atoms with Gasteiger partial charge >= 0.3 is 0 Å². The quantitative estimate of drug-likeness (QED) is 0.932. The van der Waals surface area contributed by atoms with E-state index in [9.17, 15) is 4.79 Å². The van der Waals surface area contributed by atoms with Gasteiger partial charge in [0.05, 0.1) is 6.04 Å². The summed E-state index contributed by atoms with van der Waals surface area (Å²) in [5.74, 6) is 1.21. The summed E-state index contributed by atoms with van der Waals surface area (Å²) >= 11 is 0. The van der Waals surface area contributed by atoms with E-state index < -0.39 is 0 Å². The van der Waals surface area contributed by atoms with Gasteiger partial charge in [-0.25, -0.2) is 0 Å². The highest BCUT2D eigenvalue weighted by Crippen LogP contribution is 2.31. The molecule has 1 heterocycles. The number of hydrogen-bond donors (Lipinski definition) is 1. The fourth-order valence-electron chi connectivity index (χ4n) is 2.99. The third-order valence-corrected chi connectivity index (χ3v) is 4.50. The van der Waals surface area contributed by atoms with Crippen LogP contribution in [0.2, 0.25) is 0 Å². The molecule has 0 saturated carbocycles. The molecule has 1 amide bonds. The van der Waals surface area contributed by atoms with Gasteiger partial charge < -0.3 is 14.8 Å². The standard InChI is InChI=1S/C20H23NO3/c1-12-9-14(3)17(10-13(12)2)15(4)21-20(22)16-5-6-18-19(11-16)24-8-7-23-18/h5-6,9-11,15H,7-8H2,1-4H3,(H,21,22)/t15-/m0/s1. The fraction of sp³-hybridized carbons (Fsp3) is 0.350. The Labute approximate surface area is 142 Å². The molecule has 24 heavy (non-hydrogen) atoms. The topological polar surface area (TPSA) is 47.6 Å². The van der Waals surface area contributed by atoms with Crippen molar-refractivity contribution in [1.29, 1.82) is 0 Å². The number of carbonyl (C=O) groups excluding carboxylic acids is 1. The molecule has 2 aromatic rings. The second-order valence-corrected chi connectivity index (χ2v) is 6.35. The van der Waals surface area contributed by atoms with Crippen molar-refractivity contribution in [2.24, 2.45) is 0 Å². The van der Waals surface area contributed by atoms with Crippen molar-refractivity contribution in [3.05, 3.63) is 58.1 Å². The van der Waals surface area contributed by atoms with Gasteiger partial charge in [-0.1, -0.05) is 12.1 Å². The number of amides is 1. The molecule has 0 radical (unpaired) electrons. The first-order valence-electron chi connectivity index (χ1n) is 8.24. The second-order valence-electron chi connectivity index (χ2n) is 6.35. The van der Waals surface area contributed by atoms with E-state index in [0.29, 0.717) is 30.3 Å². The van der Waals surface area contributed by atoms with Gasteiger partial charge in [-0.3, -0.25) is 4.79 Å². The molecule has 126 valence electrons. The minimum absolute atomic E-state index is 0.0648. The van der Waals surface area contributed by atoms with Crippen molar-refractivity contribution in [1.82, 2.24) is 5.32 Å². The molecule has 0 aromatic heterocycles. The van der Waals surface area contributed by atoms with E-state index in [1.807, 2.05) is 6.92 Å². The van der Waals surface area contributed by atoms with Crippen molar-refractivity contribution in [2.75, 3.05) is 13.2 Å². The summed E-state index contributed by atoms with van der Waals surface area (Å²) in [4.78, 5) is 12.6. The number of ether oxygens (including phenoxy) is 2. The maximum atomic E-state index is 12.6. The van der Waals surface area contributed by atoms with Gasteiger partial charge in [0.2, 0.25) is 0 Å². The van der Waals surface area contributed by atoms with Gasteiger partial charge in [-0.15, -0.1) is 0 Å². The molecule has 4 heteroatoms. The van der Waals surface area contributed by atoms with Crippen molar-refractivity contribution >= 4 is 5.91 Å². The molecule has 0 saturated heterocycles. The molecule has 0 unspecified atom stereocenters. The van der Waals surface area contributed by atoms with Gasteiger partial charge in [0.1, 0.15) is 13.2 Å². The van der Waals surface area contributed by atoms with E-state index in [4.69, 9.17) is 9.47 Å². The Balaban J connectivity index is 1.78. The van der Waals surface area contributed by atoms with E-state index in [1.54, 1.807) is 18.2 Å². The number of nitrogens with one attached hydrogen (secondary N) is 1. The molecule has 1 atom stereocenters. The smallest absolute Gasteiger partial charge is 0.251 e. The van der Waals surface area contributed by atoms with E-state index in [0.717, 1.165) is 5.56 Å². The first-order valence-corrected chi connectivity index (χ1v) is 8.24. The van der Waals surface area contributed by atoms with Crippen LogP contribution in [0, 0.1) is 20.8 Å². The van der Waals surface area contributed by atoms with Crippen molar-refractivity contribution in [2.45, 2.75) is 33.7 Å². The lowest BCUT2D eigenvalue weighted by Crippen LogP contribution is -2.27. The van der Waals surface area contributed by atoms with Crippen LogP contribution in [0.3, 0.4) is 0 Å². The van der Waals surface area contributed by atoms with Crippen LogP contribution in [-0.2, 0) is 0 Å². The predicted molar refractivity (Wildman–Crippen MR) is 94.0 cm³/mol. The molecule has 4 nitrogen and oxygen atoms in total. The summed E-state index contributed by atoms with van der Waals surface area (Å²) in [5.41, 5.74) is 5.40. The average molecular weight is 325 g/mol. The number of carbonyl (C=O) groups is 1. The molecule has 1 aliphatic rings. The molecule has 0 bridgehead atoms. The Morgan fingerprint density at radius 2 is 1.62 bits per heavy atom. The number of rotatable bonds is 3. The molecule has 3 rings (SSSR count). The largest absolute Gasteiger partial charge is 0.486 e. The highest BCUT2D eigenvalue weighted by molar-refractivity contribution is 5.95. The number of fused-ring (bicyclic) bond motifs is 1. The van der Waals surface area contributed by atoms with E-state index in [1.165, 1.54) is 16.7 Å². The van der Waals surface area contributed by atoms with E-state index in [-0.39, 0.29) is 11.9 Å². The summed E-state index contributed by atoms with van der Waals surface area (Å²) in [7, 11) is 0. The zero-order valence-electron chi connectivity index (χ0n) is 14.6. The Morgan fingerprint density at radius 3 is 2.38 bits per heavy atom. The molecule has 2 aromatic carbocycles. The number of aryl methyl sites for hydroxylation is 3. The van der Waals surface area contributed by atoms with Gasteiger partial charge in [0, 0.05) is 5.56 Å². The minimum Gasteiger partial charge on any atom is -0.486 e. The van der Waals surface area contributed by atoms with Gasteiger partial charge in [0.25, 0.3) is 5.91 Å². The molecule has 1 aliphatic heterocycles. The Hall–Kier alpha value is -2.49. The summed E-state index contributed by atoms with van der Waals surface area (Å²) in [6, 6.07) is 9.55. The van der Waals surface area contributed by atoms with Crippen LogP contribution < -0.4 is 14.8 Å². The van der Waals surface area contributed by atoms with E-state index in [2.05, 4.69) is 38.2 Å². The molecular weight excluding hydrogens is 302 g/mol. The normalized spacial score (nSPS) is 14.2. The zero-order valence-corrected chi connectivity index (χ0v) is 14.6. The van der Waals surface area contributed by atoms with Crippen LogP contribution in [0.5, 0.6) is 11.5 Å². The first kappa shape index (κ1) is 16.4. The van der Waals surface area contributed by atoms with Crippen molar-refractivity contribution in [3.63, 3.8) is 0 Å². The molecule has 0 fully saturated rings. The summed E-state index contributed by atoms with van der Waals surface area (Å²) in [6.45, 7) is 9.33. The monoisotopic (exact) mass is 325 g/mol. The van der Waals surface area contributed by atoms with E-state index >= 15 is 0 Å². The minimum atomic E-state index is -0.114. The maximum Gasteiger partial charge on any atom is 0.251 e. The number of hydrogen-bond acceptors (Lipinski definition) is 3. The Morgan fingerprint density at radius 1 is 0.958 bits per heavy atom. The molecule has 0 spiro atoms. The second kappa shape index (κ2) is 6.56. The highest BCUT2D eigenvalue weighted by atomic mass is 16.6. The fourth-order valence-corrected chi connectivity index (χ4v) is 2.99. The van der Waals surface area contributed by atoms with Crippen LogP contribution in [-0.4, -0.2) is 19.1 Å². The van der Waals surface area contributed by atoms with Crippen LogP contribution in [0.15, 0.2) is 30.3 Å². The lowest BCUT2D eigenvalue weighted by atomic mass is 9.96. The first-order chi connectivity index (χ1) is 11.5. The maximum absolute atomic E-state index is 12.6. The zero-order chi connectivity index (χ0) is 17.3. The van der Waals surface area contributed by atoms with Gasteiger partial charge in [-0.2, -0.15) is 0 Å². The van der Waals surface area contributed by atoms with Crippen LogP contribution in [0.25, 0.3) is 0 Å². The SMILES string of the molecule is Cc1cc(C)c([C@H](C)NC(=O)c2ccc3c(c2)OCCO3)cc1C. The van der Waals surface area contributed by atoms with Crippen LogP contribution in [0.4, 0.5) is 0 Å². The van der Waals surface area contributed by atoms with Crippen LogP contribution >= 0.6 is 0 Å². The van der Waals surface area contributed by atoms with Gasteiger partial charge in [-0.05, 0) is 68.1 Å². The Kier molecular flexibility index (Phi) is 4.47. The highest BCUT2D eigenvalue weighted by Gasteiger charge is 2.17. The molecule has 0 aliphatic carbocycles. The lowest BCUT2D eigenvalue weighted by molar-refractivity contribution is 0.0938. The third-order valence-electron chi connectivity index (χ3n) is 4.50. The van der Waals surface area contributed by atoms with Gasteiger partial charge in [0.15, 0.2) is 11.5 Å².